The van der Waals surface area contributed by atoms with Crippen molar-refractivity contribution in [3.05, 3.63) is 16.8 Å². The summed E-state index contributed by atoms with van der Waals surface area (Å²) in [5, 5.41) is 15.7. The van der Waals surface area contributed by atoms with E-state index in [2.05, 4.69) is 20.7 Å². The van der Waals surface area contributed by atoms with Crippen molar-refractivity contribution in [2.45, 2.75) is 58.6 Å². The molecular weight excluding hydrogens is 428 g/mol. The quantitative estimate of drug-likeness (QED) is 0.348. The van der Waals surface area contributed by atoms with Crippen molar-refractivity contribution < 1.29 is 28.7 Å². The molecule has 168 valence electrons. The molecule has 0 saturated carbocycles. The summed E-state index contributed by atoms with van der Waals surface area (Å²) < 4.78 is 10.2. The standard InChI is InChI=1S/C18H24N6O6S/c1-9-20-22-23(21-9)6-11-7-31-15-12(19-10(2)25)14(26)24(15)13(11)16(27)29-8-30-17(28)18(3,4)5/h7,12-13,15H,6,8H2,1-5H3,(H,19,25)/t12-,13?,15+/m1/s1. The summed E-state index contributed by atoms with van der Waals surface area (Å²) in [7, 11) is 0. The Hall–Kier alpha value is -2.96. The highest BCUT2D eigenvalue weighted by atomic mass is 32.2. The fourth-order valence-electron chi connectivity index (χ4n) is 3.04. The average Bonchev–Trinajstić information content (AvgIpc) is 3.09. The van der Waals surface area contributed by atoms with Crippen molar-refractivity contribution in [2.24, 2.45) is 5.41 Å². The van der Waals surface area contributed by atoms with Crippen LogP contribution in [0.5, 0.6) is 0 Å². The van der Waals surface area contributed by atoms with Crippen LogP contribution < -0.4 is 5.32 Å². The van der Waals surface area contributed by atoms with Gasteiger partial charge in [0.15, 0.2) is 11.9 Å². The van der Waals surface area contributed by atoms with Crippen LogP contribution in [0.3, 0.4) is 0 Å². The number of hydrogen-bond acceptors (Lipinski definition) is 10. The van der Waals surface area contributed by atoms with Crippen molar-refractivity contribution >= 4 is 35.5 Å². The number of amides is 2. The number of carbonyl (C=O) groups excluding carboxylic acids is 4. The summed E-state index contributed by atoms with van der Waals surface area (Å²) >= 11 is 1.30. The van der Waals surface area contributed by atoms with E-state index in [0.717, 1.165) is 0 Å². The van der Waals surface area contributed by atoms with Crippen LogP contribution in [-0.4, -0.2) is 73.1 Å². The number of hydrogen-bond donors (Lipinski definition) is 1. The average molecular weight is 452 g/mol. The van der Waals surface area contributed by atoms with E-state index in [1.807, 2.05) is 0 Å². The maximum Gasteiger partial charge on any atom is 0.336 e. The molecule has 2 aliphatic rings. The second-order valence-electron chi connectivity index (χ2n) is 8.18. The van der Waals surface area contributed by atoms with Crippen molar-refractivity contribution in [1.82, 2.24) is 30.4 Å². The lowest BCUT2D eigenvalue weighted by Gasteiger charge is -2.51. The number of carbonyl (C=O) groups is 4. The smallest absolute Gasteiger partial charge is 0.336 e. The maximum atomic E-state index is 12.9. The lowest BCUT2D eigenvalue weighted by atomic mass is 9.97. The van der Waals surface area contributed by atoms with Crippen molar-refractivity contribution in [1.29, 1.82) is 0 Å². The van der Waals surface area contributed by atoms with E-state index >= 15 is 0 Å². The summed E-state index contributed by atoms with van der Waals surface area (Å²) in [6, 6.07) is -1.80. The van der Waals surface area contributed by atoms with E-state index in [1.165, 1.54) is 28.4 Å². The fraction of sp³-hybridized carbons (Fsp3) is 0.611. The van der Waals surface area contributed by atoms with E-state index in [-0.39, 0.29) is 12.5 Å². The van der Waals surface area contributed by atoms with Gasteiger partial charge in [0.1, 0.15) is 11.4 Å². The summed E-state index contributed by atoms with van der Waals surface area (Å²) in [4.78, 5) is 51.5. The summed E-state index contributed by atoms with van der Waals surface area (Å²) in [6.07, 6.45) is 0. The Morgan fingerprint density at radius 2 is 1.97 bits per heavy atom. The zero-order valence-electron chi connectivity index (χ0n) is 17.8. The van der Waals surface area contributed by atoms with Gasteiger partial charge in [-0.2, -0.15) is 4.80 Å². The molecule has 3 heterocycles. The Kier molecular flexibility index (Phi) is 6.34. The van der Waals surface area contributed by atoms with E-state index < -0.39 is 47.5 Å². The third kappa shape index (κ3) is 4.86. The molecule has 2 aliphatic heterocycles. The van der Waals surface area contributed by atoms with Gasteiger partial charge in [-0.3, -0.25) is 14.4 Å². The van der Waals surface area contributed by atoms with Crippen LogP contribution in [0.2, 0.25) is 0 Å². The summed E-state index contributed by atoms with van der Waals surface area (Å²) in [6.45, 7) is 7.55. The van der Waals surface area contributed by atoms with Crippen LogP contribution in [0, 0.1) is 12.3 Å². The van der Waals surface area contributed by atoms with Gasteiger partial charge in [-0.15, -0.1) is 22.0 Å². The molecule has 0 aromatic carbocycles. The molecule has 1 unspecified atom stereocenters. The first-order chi connectivity index (χ1) is 14.5. The van der Waals surface area contributed by atoms with Gasteiger partial charge in [-0.05, 0) is 43.9 Å². The number of nitrogens with zero attached hydrogens (tertiary/aromatic N) is 5. The number of nitrogens with one attached hydrogen (secondary N) is 1. The Morgan fingerprint density at radius 3 is 2.55 bits per heavy atom. The fourth-order valence-corrected chi connectivity index (χ4v) is 4.25. The van der Waals surface area contributed by atoms with Gasteiger partial charge >= 0.3 is 11.9 Å². The highest BCUT2D eigenvalue weighted by Gasteiger charge is 2.56. The monoisotopic (exact) mass is 452 g/mol. The maximum absolute atomic E-state index is 12.9. The topological polar surface area (TPSA) is 146 Å². The van der Waals surface area contributed by atoms with E-state index in [0.29, 0.717) is 11.4 Å². The minimum absolute atomic E-state index is 0.108. The van der Waals surface area contributed by atoms with Gasteiger partial charge < -0.3 is 19.7 Å². The summed E-state index contributed by atoms with van der Waals surface area (Å²) in [5.41, 5.74) is -0.236. The molecular formula is C18H24N6O6S. The second kappa shape index (κ2) is 8.65. The molecule has 3 atom stereocenters. The zero-order chi connectivity index (χ0) is 22.9. The minimum atomic E-state index is -1.07. The van der Waals surface area contributed by atoms with Gasteiger partial charge in [0.25, 0.3) is 0 Å². The molecule has 1 saturated heterocycles. The Morgan fingerprint density at radius 1 is 1.26 bits per heavy atom. The number of ether oxygens (including phenoxy) is 2. The number of tetrazole rings is 1. The number of aryl methyl sites for hydroxylation is 1. The Balaban J connectivity index is 1.76. The second-order valence-corrected chi connectivity index (χ2v) is 9.17. The molecule has 0 radical (unpaired) electrons. The predicted octanol–water partition coefficient (Wildman–Crippen LogP) is -0.256. The minimum Gasteiger partial charge on any atom is -0.427 e. The van der Waals surface area contributed by atoms with E-state index in [9.17, 15) is 19.2 Å². The number of esters is 2. The number of aromatic nitrogens is 4. The SMILES string of the molecule is CC(=O)N[C@@H]1C(=O)N2C(C(=O)OCOC(=O)C(C)(C)C)C(Cn3nnc(C)n3)=CS[C@@H]12. The Bertz CT molecular complexity index is 938. The predicted molar refractivity (Wildman–Crippen MR) is 107 cm³/mol. The van der Waals surface area contributed by atoms with E-state index in [1.54, 1.807) is 33.1 Å². The van der Waals surface area contributed by atoms with E-state index in [4.69, 9.17) is 9.47 Å². The van der Waals surface area contributed by atoms with Crippen LogP contribution in [-0.2, 0) is 35.2 Å². The van der Waals surface area contributed by atoms with Gasteiger partial charge in [0, 0.05) is 6.92 Å². The van der Waals surface area contributed by atoms with Crippen LogP contribution >= 0.6 is 11.8 Å². The van der Waals surface area contributed by atoms with Crippen LogP contribution in [0.25, 0.3) is 0 Å². The molecule has 2 amide bonds. The molecule has 1 N–H and O–H groups in total. The molecule has 0 spiro atoms. The Labute approximate surface area is 182 Å². The third-order valence-electron chi connectivity index (χ3n) is 4.53. The van der Waals surface area contributed by atoms with Gasteiger partial charge in [-0.25, -0.2) is 4.79 Å². The van der Waals surface area contributed by atoms with Crippen molar-refractivity contribution in [3.8, 4) is 0 Å². The van der Waals surface area contributed by atoms with Gasteiger partial charge in [0.05, 0.1) is 12.0 Å². The number of fused-ring (bicyclic) bond motifs is 1. The van der Waals surface area contributed by atoms with Crippen molar-refractivity contribution in [3.63, 3.8) is 0 Å². The van der Waals surface area contributed by atoms with Crippen LogP contribution in [0.15, 0.2) is 11.0 Å². The first-order valence-corrected chi connectivity index (χ1v) is 10.5. The molecule has 0 aliphatic carbocycles. The van der Waals surface area contributed by atoms with Gasteiger partial charge in [-0.1, -0.05) is 0 Å². The lowest BCUT2D eigenvalue weighted by molar-refractivity contribution is -0.179. The highest BCUT2D eigenvalue weighted by molar-refractivity contribution is 8.02. The largest absolute Gasteiger partial charge is 0.427 e. The molecule has 1 aromatic heterocycles. The zero-order valence-corrected chi connectivity index (χ0v) is 18.6. The number of β-lactam (4-membered cyclic amide) rings is 1. The molecule has 31 heavy (non-hydrogen) atoms. The van der Waals surface area contributed by atoms with Crippen molar-refractivity contribution in [2.75, 3.05) is 6.79 Å². The first kappa shape index (κ1) is 22.7. The molecule has 0 bridgehead atoms. The summed E-state index contributed by atoms with van der Waals surface area (Å²) in [5.74, 6) is -1.58. The lowest BCUT2D eigenvalue weighted by Crippen LogP contribution is -2.74. The normalized spacial score (nSPS) is 22.7. The van der Waals surface area contributed by atoms with Gasteiger partial charge in [0.2, 0.25) is 18.6 Å². The molecule has 12 nitrogen and oxygen atoms in total. The molecule has 3 rings (SSSR count). The van der Waals surface area contributed by atoms with Crippen LogP contribution in [0.4, 0.5) is 0 Å². The number of rotatable bonds is 6. The molecule has 1 fully saturated rings. The first-order valence-electron chi connectivity index (χ1n) is 9.51. The van der Waals surface area contributed by atoms with Crippen LogP contribution in [0.1, 0.15) is 33.5 Å². The highest BCUT2D eigenvalue weighted by Crippen LogP contribution is 2.40. The number of thioether (sulfide) groups is 1. The third-order valence-corrected chi connectivity index (χ3v) is 5.75. The molecule has 1 aromatic rings. The molecule has 13 heteroatoms.